The van der Waals surface area contributed by atoms with Crippen LogP contribution in [-0.4, -0.2) is 37.6 Å². The molecule has 23 heavy (non-hydrogen) atoms. The van der Waals surface area contributed by atoms with Gasteiger partial charge in [-0.05, 0) is 19.4 Å². The fourth-order valence-corrected chi connectivity index (χ4v) is 3.22. The van der Waals surface area contributed by atoms with Crippen LogP contribution in [0, 0.1) is 13.8 Å². The van der Waals surface area contributed by atoms with Crippen LogP contribution in [0.5, 0.6) is 0 Å². The van der Waals surface area contributed by atoms with Crippen molar-refractivity contribution >= 4 is 27.5 Å². The van der Waals surface area contributed by atoms with Gasteiger partial charge in [0.1, 0.15) is 10.7 Å². The minimum absolute atomic E-state index is 0.0867. The van der Waals surface area contributed by atoms with Gasteiger partial charge >= 0.3 is 5.69 Å². The van der Waals surface area contributed by atoms with Gasteiger partial charge in [0.25, 0.3) is 11.5 Å². The lowest BCUT2D eigenvalue weighted by Gasteiger charge is -2.03. The maximum Gasteiger partial charge on any atom is 0.341 e. The lowest BCUT2D eigenvalue weighted by Crippen LogP contribution is -2.28. The highest BCUT2D eigenvalue weighted by Gasteiger charge is 2.13. The Morgan fingerprint density at radius 3 is 2.74 bits per heavy atom. The van der Waals surface area contributed by atoms with Gasteiger partial charge in [-0.3, -0.25) is 14.6 Å². The summed E-state index contributed by atoms with van der Waals surface area (Å²) in [4.78, 5) is 45.9. The van der Waals surface area contributed by atoms with E-state index in [9.17, 15) is 14.4 Å². The van der Waals surface area contributed by atoms with E-state index in [2.05, 4.69) is 30.5 Å². The standard InChI is InChI=1S/C13H14N6O3S/c1-5-6(2)23-12-8(5)10(20)15-7(16-12)3-4-14-11(21)9-17-13(22)19-18-9/h3-4H2,1-2H3,(H,14,21)(H,15,16,20)(H2,17,18,19,22). The van der Waals surface area contributed by atoms with Crippen molar-refractivity contribution in [3.8, 4) is 0 Å². The van der Waals surface area contributed by atoms with E-state index in [1.807, 2.05) is 13.8 Å². The molecule has 0 bridgehead atoms. The number of thiophene rings is 1. The van der Waals surface area contributed by atoms with Crippen LogP contribution in [-0.2, 0) is 6.42 Å². The molecule has 0 fully saturated rings. The van der Waals surface area contributed by atoms with E-state index in [1.165, 1.54) is 11.3 Å². The molecule has 0 atom stereocenters. The second-order valence-electron chi connectivity index (χ2n) is 5.01. The molecule has 0 aliphatic rings. The molecule has 120 valence electrons. The molecule has 0 aliphatic heterocycles. The Labute approximate surface area is 133 Å². The highest BCUT2D eigenvalue weighted by molar-refractivity contribution is 7.18. The van der Waals surface area contributed by atoms with Crippen LogP contribution in [0.3, 0.4) is 0 Å². The number of rotatable bonds is 4. The average Bonchev–Trinajstić information content (AvgIpc) is 3.04. The first-order valence-electron chi connectivity index (χ1n) is 6.87. The number of amides is 1. The monoisotopic (exact) mass is 334 g/mol. The number of hydrogen-bond acceptors (Lipinski definition) is 6. The Kier molecular flexibility index (Phi) is 3.82. The van der Waals surface area contributed by atoms with E-state index in [1.54, 1.807) is 0 Å². The van der Waals surface area contributed by atoms with Crippen molar-refractivity contribution in [2.75, 3.05) is 6.54 Å². The third-order valence-corrected chi connectivity index (χ3v) is 4.55. The maximum absolute atomic E-state index is 12.1. The summed E-state index contributed by atoms with van der Waals surface area (Å²) in [6.07, 6.45) is 0.363. The first-order valence-corrected chi connectivity index (χ1v) is 7.69. The molecule has 0 radical (unpaired) electrons. The van der Waals surface area contributed by atoms with Crippen LogP contribution >= 0.6 is 11.3 Å². The van der Waals surface area contributed by atoms with Gasteiger partial charge in [-0.25, -0.2) is 14.9 Å². The molecular weight excluding hydrogens is 320 g/mol. The summed E-state index contributed by atoms with van der Waals surface area (Å²) < 4.78 is 0. The van der Waals surface area contributed by atoms with E-state index in [0.29, 0.717) is 22.5 Å². The molecule has 0 saturated carbocycles. The first-order chi connectivity index (χ1) is 11.0. The van der Waals surface area contributed by atoms with E-state index in [0.717, 1.165) is 10.4 Å². The van der Waals surface area contributed by atoms with E-state index in [4.69, 9.17) is 0 Å². The summed E-state index contributed by atoms with van der Waals surface area (Å²) in [5.41, 5.74) is 0.228. The van der Waals surface area contributed by atoms with Gasteiger partial charge in [0.15, 0.2) is 0 Å². The smallest absolute Gasteiger partial charge is 0.341 e. The Morgan fingerprint density at radius 2 is 2.04 bits per heavy atom. The van der Waals surface area contributed by atoms with Gasteiger partial charge in [-0.2, -0.15) is 0 Å². The SMILES string of the molecule is Cc1sc2nc(CCNC(=O)c3n[nH]c(=O)[nH]3)[nH]c(=O)c2c1C. The molecule has 0 unspecified atom stereocenters. The Hall–Kier alpha value is -2.75. The lowest BCUT2D eigenvalue weighted by atomic mass is 10.2. The van der Waals surface area contributed by atoms with Crippen molar-refractivity contribution in [3.63, 3.8) is 0 Å². The summed E-state index contributed by atoms with van der Waals surface area (Å²) in [6, 6.07) is 0. The van der Waals surface area contributed by atoms with Crippen molar-refractivity contribution in [2.24, 2.45) is 0 Å². The molecule has 0 aromatic carbocycles. The largest absolute Gasteiger partial charge is 0.349 e. The highest BCUT2D eigenvalue weighted by Crippen LogP contribution is 2.25. The number of nitrogens with one attached hydrogen (secondary N) is 4. The quantitative estimate of drug-likeness (QED) is 0.532. The second kappa shape index (κ2) is 5.80. The van der Waals surface area contributed by atoms with Gasteiger partial charge in [0, 0.05) is 17.8 Å². The lowest BCUT2D eigenvalue weighted by molar-refractivity contribution is 0.0944. The topological polar surface area (TPSA) is 136 Å². The van der Waals surface area contributed by atoms with Crippen molar-refractivity contribution < 1.29 is 4.79 Å². The van der Waals surface area contributed by atoms with Gasteiger partial charge in [0.05, 0.1) is 5.39 Å². The van der Waals surface area contributed by atoms with Crippen LogP contribution < -0.4 is 16.6 Å². The minimum Gasteiger partial charge on any atom is -0.349 e. The zero-order valence-electron chi connectivity index (χ0n) is 12.4. The zero-order valence-corrected chi connectivity index (χ0v) is 13.3. The number of fused-ring (bicyclic) bond motifs is 1. The Morgan fingerprint density at radius 1 is 1.26 bits per heavy atom. The van der Waals surface area contributed by atoms with Crippen molar-refractivity contribution in [1.29, 1.82) is 0 Å². The highest BCUT2D eigenvalue weighted by atomic mass is 32.1. The Bertz CT molecular complexity index is 995. The zero-order chi connectivity index (χ0) is 16.6. The maximum atomic E-state index is 12.1. The number of aromatic nitrogens is 5. The average molecular weight is 334 g/mol. The number of carbonyl (C=O) groups is 1. The van der Waals surface area contributed by atoms with Crippen molar-refractivity contribution in [2.45, 2.75) is 20.3 Å². The molecule has 0 spiro atoms. The molecular formula is C13H14N6O3S. The second-order valence-corrected chi connectivity index (χ2v) is 6.21. The number of nitrogens with zero attached hydrogens (tertiary/aromatic N) is 2. The van der Waals surface area contributed by atoms with Crippen LogP contribution in [0.1, 0.15) is 26.9 Å². The molecule has 1 amide bonds. The van der Waals surface area contributed by atoms with Crippen LogP contribution in [0.2, 0.25) is 0 Å². The summed E-state index contributed by atoms with van der Waals surface area (Å²) in [5, 5.41) is 8.86. The fourth-order valence-electron chi connectivity index (χ4n) is 2.17. The Balaban J connectivity index is 1.71. The van der Waals surface area contributed by atoms with E-state index < -0.39 is 11.6 Å². The molecule has 3 rings (SSSR count). The molecule has 3 heterocycles. The molecule has 0 aliphatic carbocycles. The van der Waals surface area contributed by atoms with Crippen molar-refractivity contribution in [3.05, 3.63) is 42.9 Å². The summed E-state index contributed by atoms with van der Waals surface area (Å²) in [6.45, 7) is 4.10. The minimum atomic E-state index is -0.546. The van der Waals surface area contributed by atoms with E-state index in [-0.39, 0.29) is 17.9 Å². The fraction of sp³-hybridized carbons (Fsp3) is 0.308. The van der Waals surface area contributed by atoms with E-state index >= 15 is 0 Å². The molecule has 10 heteroatoms. The number of H-pyrrole nitrogens is 3. The number of aromatic amines is 3. The number of aryl methyl sites for hydroxylation is 2. The van der Waals surface area contributed by atoms with Gasteiger partial charge < -0.3 is 10.3 Å². The molecule has 9 nitrogen and oxygen atoms in total. The normalized spacial score (nSPS) is 11.0. The first kappa shape index (κ1) is 15.2. The molecule has 0 saturated heterocycles. The summed E-state index contributed by atoms with van der Waals surface area (Å²) in [7, 11) is 0. The summed E-state index contributed by atoms with van der Waals surface area (Å²) >= 11 is 1.47. The van der Waals surface area contributed by atoms with Gasteiger partial charge in [-0.1, -0.05) is 0 Å². The number of hydrogen-bond donors (Lipinski definition) is 4. The predicted octanol–water partition coefficient (Wildman–Crippen LogP) is -0.0147. The van der Waals surface area contributed by atoms with Crippen molar-refractivity contribution in [1.82, 2.24) is 30.5 Å². The van der Waals surface area contributed by atoms with Crippen LogP contribution in [0.15, 0.2) is 9.59 Å². The molecule has 3 aromatic rings. The predicted molar refractivity (Wildman–Crippen MR) is 85.0 cm³/mol. The summed E-state index contributed by atoms with van der Waals surface area (Å²) in [5.74, 6) is -0.0921. The molecule has 4 N–H and O–H groups in total. The third-order valence-electron chi connectivity index (χ3n) is 3.45. The third kappa shape index (κ3) is 2.93. The number of carbonyl (C=O) groups excluding carboxylic acids is 1. The van der Waals surface area contributed by atoms with Gasteiger partial charge in [-0.15, -0.1) is 16.4 Å². The van der Waals surface area contributed by atoms with Crippen LogP contribution in [0.25, 0.3) is 10.2 Å². The molecule has 3 aromatic heterocycles. The van der Waals surface area contributed by atoms with Gasteiger partial charge in [0.2, 0.25) is 5.82 Å². The van der Waals surface area contributed by atoms with Crippen LogP contribution in [0.4, 0.5) is 0 Å².